The van der Waals surface area contributed by atoms with E-state index >= 15 is 0 Å². The Morgan fingerprint density at radius 2 is 1.77 bits per heavy atom. The van der Waals surface area contributed by atoms with Crippen LogP contribution in [0.2, 0.25) is 0 Å². The van der Waals surface area contributed by atoms with E-state index in [0.717, 1.165) is 0 Å². The largest absolute Gasteiger partial charge is 0.481 e. The van der Waals surface area contributed by atoms with E-state index in [0.29, 0.717) is 6.42 Å². The molecule has 12 heteroatoms. The molecule has 40 heavy (non-hydrogen) atoms. The van der Waals surface area contributed by atoms with Crippen LogP contribution in [-0.2, 0) is 28.7 Å². The number of alkyl carbamates (subject to hydrolysis) is 1. The number of carboxylic acids is 1. The van der Waals surface area contributed by atoms with E-state index in [4.69, 9.17) is 9.84 Å². The van der Waals surface area contributed by atoms with Gasteiger partial charge in [-0.15, -0.1) is 6.58 Å². The lowest BCUT2D eigenvalue weighted by atomic mass is 9.98. The standard InChI is InChI=1S/C28H44N4O8/c1-7-10-18(23(35)25(37)29-13-8-2)30-24(36)22-21-17(28(21,5)6)14-32(22)26(38)19(11-9-12-20(33)34)31-27(39)40-15-16(3)4/h8,16-19,21-22H,2,7,9-15H2,1,3-6H3,(H,29,37)(H,30,36)(H,31,39)(H,33,34). The molecule has 1 saturated heterocycles. The van der Waals surface area contributed by atoms with Gasteiger partial charge >= 0.3 is 12.1 Å². The minimum absolute atomic E-state index is 0.0379. The Morgan fingerprint density at radius 3 is 2.35 bits per heavy atom. The van der Waals surface area contributed by atoms with E-state index in [1.807, 2.05) is 34.6 Å². The highest BCUT2D eigenvalue weighted by atomic mass is 16.5. The van der Waals surface area contributed by atoms with E-state index < -0.39 is 53.7 Å². The van der Waals surface area contributed by atoms with Crippen LogP contribution in [-0.4, -0.2) is 83.4 Å². The summed E-state index contributed by atoms with van der Waals surface area (Å²) in [5.41, 5.74) is -0.215. The zero-order valence-corrected chi connectivity index (χ0v) is 24.2. The first-order valence-electron chi connectivity index (χ1n) is 13.9. The molecule has 4 N–H and O–H groups in total. The Hall–Kier alpha value is -3.44. The van der Waals surface area contributed by atoms with Gasteiger partial charge in [-0.1, -0.05) is 47.1 Å². The number of Topliss-reactive ketones (excluding diaryl/α,β-unsaturated/α-hetero) is 1. The first-order valence-corrected chi connectivity index (χ1v) is 13.9. The molecule has 1 heterocycles. The summed E-state index contributed by atoms with van der Waals surface area (Å²) in [6.07, 6.45) is 1.40. The molecule has 2 rings (SSSR count). The minimum atomic E-state index is -1.09. The van der Waals surface area contributed by atoms with Crippen LogP contribution in [0, 0.1) is 23.2 Å². The van der Waals surface area contributed by atoms with E-state index in [1.54, 1.807) is 0 Å². The smallest absolute Gasteiger partial charge is 0.407 e. The van der Waals surface area contributed by atoms with Crippen molar-refractivity contribution in [2.45, 2.75) is 84.8 Å². The highest BCUT2D eigenvalue weighted by molar-refractivity contribution is 6.38. The predicted molar refractivity (Wildman–Crippen MR) is 146 cm³/mol. The van der Waals surface area contributed by atoms with Gasteiger partial charge in [-0.3, -0.25) is 24.0 Å². The molecule has 0 bridgehead atoms. The number of ether oxygens (including phenoxy) is 1. The van der Waals surface area contributed by atoms with Crippen molar-refractivity contribution in [3.63, 3.8) is 0 Å². The molecule has 1 saturated carbocycles. The molecule has 0 radical (unpaired) electrons. The topological polar surface area (TPSA) is 171 Å². The van der Waals surface area contributed by atoms with Crippen molar-refractivity contribution in [3.05, 3.63) is 12.7 Å². The second kappa shape index (κ2) is 14.3. The van der Waals surface area contributed by atoms with Crippen molar-refractivity contribution in [3.8, 4) is 0 Å². The summed E-state index contributed by atoms with van der Waals surface area (Å²) >= 11 is 0. The third-order valence-electron chi connectivity index (χ3n) is 7.62. The van der Waals surface area contributed by atoms with Gasteiger partial charge in [-0.25, -0.2) is 4.79 Å². The zero-order valence-electron chi connectivity index (χ0n) is 24.2. The Morgan fingerprint density at radius 1 is 1.10 bits per heavy atom. The minimum Gasteiger partial charge on any atom is -0.481 e. The number of fused-ring (bicyclic) bond motifs is 1. The average molecular weight is 565 g/mol. The van der Waals surface area contributed by atoms with Crippen LogP contribution < -0.4 is 16.0 Å². The van der Waals surface area contributed by atoms with Crippen molar-refractivity contribution in [2.24, 2.45) is 23.2 Å². The molecule has 4 amide bonds. The molecule has 12 nitrogen and oxygen atoms in total. The Bertz CT molecular complexity index is 995. The molecule has 1 aliphatic carbocycles. The van der Waals surface area contributed by atoms with Crippen LogP contribution in [0.4, 0.5) is 4.79 Å². The van der Waals surface area contributed by atoms with Gasteiger partial charge in [0.05, 0.1) is 12.6 Å². The van der Waals surface area contributed by atoms with E-state index in [-0.39, 0.29) is 68.5 Å². The van der Waals surface area contributed by atoms with Crippen molar-refractivity contribution < 1.29 is 38.6 Å². The SMILES string of the molecule is C=CCNC(=O)C(=O)C(CCC)NC(=O)C1C2C(CN1C(=O)C(CCCC(=O)O)NC(=O)OCC(C)C)C2(C)C. The van der Waals surface area contributed by atoms with E-state index in [9.17, 15) is 28.8 Å². The summed E-state index contributed by atoms with van der Waals surface area (Å²) in [4.78, 5) is 77.4. The molecular weight excluding hydrogens is 520 g/mol. The molecule has 2 fully saturated rings. The number of amides is 4. The average Bonchev–Trinajstić information content (AvgIpc) is 3.21. The number of carbonyl (C=O) groups excluding carboxylic acids is 5. The summed E-state index contributed by atoms with van der Waals surface area (Å²) in [6.45, 7) is 13.6. The quantitative estimate of drug-likeness (QED) is 0.162. The Kier molecular flexibility index (Phi) is 11.7. The number of likely N-dealkylation sites (tertiary alicyclic amines) is 1. The molecule has 0 aromatic rings. The van der Waals surface area contributed by atoms with Gasteiger partial charge < -0.3 is 30.7 Å². The van der Waals surface area contributed by atoms with Crippen molar-refractivity contribution >= 4 is 35.6 Å². The molecule has 1 aliphatic heterocycles. The molecule has 0 aromatic heterocycles. The molecule has 0 aromatic carbocycles. The number of carbonyl (C=O) groups is 6. The van der Waals surface area contributed by atoms with Crippen LogP contribution in [0.3, 0.4) is 0 Å². The lowest BCUT2D eigenvalue weighted by Gasteiger charge is -2.33. The van der Waals surface area contributed by atoms with Gasteiger partial charge in [0.15, 0.2) is 0 Å². The number of ketones is 1. The second-order valence-electron chi connectivity index (χ2n) is 11.6. The van der Waals surface area contributed by atoms with Crippen LogP contribution in [0.5, 0.6) is 0 Å². The first kappa shape index (κ1) is 32.8. The highest BCUT2D eigenvalue weighted by Gasteiger charge is 2.69. The number of nitrogens with one attached hydrogen (secondary N) is 3. The molecule has 5 atom stereocenters. The Balaban J connectivity index is 2.25. The molecular formula is C28H44N4O8. The molecule has 224 valence electrons. The number of aliphatic carboxylic acids is 1. The van der Waals surface area contributed by atoms with Crippen LogP contribution in [0.15, 0.2) is 12.7 Å². The third-order valence-corrected chi connectivity index (χ3v) is 7.62. The molecule has 5 unspecified atom stereocenters. The summed E-state index contributed by atoms with van der Waals surface area (Å²) in [5, 5.41) is 16.7. The van der Waals surface area contributed by atoms with Gasteiger partial charge in [0.2, 0.25) is 17.6 Å². The van der Waals surface area contributed by atoms with E-state index in [1.165, 1.54) is 11.0 Å². The maximum Gasteiger partial charge on any atom is 0.407 e. The van der Waals surface area contributed by atoms with Gasteiger partial charge in [-0.05, 0) is 42.4 Å². The maximum absolute atomic E-state index is 13.7. The maximum atomic E-state index is 13.7. The highest BCUT2D eigenvalue weighted by Crippen LogP contribution is 2.64. The van der Waals surface area contributed by atoms with Crippen molar-refractivity contribution in [1.82, 2.24) is 20.9 Å². The van der Waals surface area contributed by atoms with Crippen LogP contribution in [0.25, 0.3) is 0 Å². The summed E-state index contributed by atoms with van der Waals surface area (Å²) in [6, 6.07) is -3.06. The lowest BCUT2D eigenvalue weighted by molar-refractivity contribution is -0.144. The fraction of sp³-hybridized carbons (Fsp3) is 0.714. The molecule has 0 spiro atoms. The van der Waals surface area contributed by atoms with Gasteiger partial charge in [0.1, 0.15) is 12.1 Å². The normalized spacial score (nSPS) is 21.9. The van der Waals surface area contributed by atoms with Crippen LogP contribution in [0.1, 0.15) is 66.7 Å². The second-order valence-corrected chi connectivity index (χ2v) is 11.6. The van der Waals surface area contributed by atoms with E-state index in [2.05, 4.69) is 22.5 Å². The predicted octanol–water partition coefficient (Wildman–Crippen LogP) is 1.63. The number of nitrogens with zero attached hydrogens (tertiary/aromatic N) is 1. The number of carboxylic acid groups (broad SMARTS) is 1. The number of piperidine rings is 1. The van der Waals surface area contributed by atoms with Crippen molar-refractivity contribution in [1.29, 1.82) is 0 Å². The summed E-state index contributed by atoms with van der Waals surface area (Å²) in [5.74, 6) is -3.75. The Labute approximate surface area is 235 Å². The van der Waals surface area contributed by atoms with Crippen LogP contribution >= 0.6 is 0 Å². The number of rotatable bonds is 16. The fourth-order valence-corrected chi connectivity index (χ4v) is 5.38. The zero-order chi connectivity index (χ0) is 30.2. The first-order chi connectivity index (χ1) is 18.8. The van der Waals surface area contributed by atoms with Gasteiger partial charge in [-0.2, -0.15) is 0 Å². The van der Waals surface area contributed by atoms with Gasteiger partial charge in [0, 0.05) is 19.5 Å². The molecule has 2 aliphatic rings. The number of hydrogen-bond acceptors (Lipinski definition) is 7. The van der Waals surface area contributed by atoms with Gasteiger partial charge in [0.25, 0.3) is 5.91 Å². The summed E-state index contributed by atoms with van der Waals surface area (Å²) in [7, 11) is 0. The third kappa shape index (κ3) is 8.28. The number of hydrogen-bond donors (Lipinski definition) is 4. The lowest BCUT2D eigenvalue weighted by Crippen LogP contribution is -2.58. The summed E-state index contributed by atoms with van der Waals surface area (Å²) < 4.78 is 5.17. The van der Waals surface area contributed by atoms with Crippen molar-refractivity contribution in [2.75, 3.05) is 19.7 Å². The fourth-order valence-electron chi connectivity index (χ4n) is 5.38. The monoisotopic (exact) mass is 564 g/mol.